The van der Waals surface area contributed by atoms with Crippen molar-refractivity contribution < 1.29 is 15.0 Å². The van der Waals surface area contributed by atoms with Crippen LogP contribution in [0.4, 0.5) is 0 Å². The number of hydrogen-bond donors (Lipinski definition) is 3. The summed E-state index contributed by atoms with van der Waals surface area (Å²) in [5, 5.41) is 22.9. The van der Waals surface area contributed by atoms with Gasteiger partial charge in [-0.1, -0.05) is 218 Å². The number of carbonyl (C=O) groups is 1. The summed E-state index contributed by atoms with van der Waals surface area (Å²) in [7, 11) is 0. The maximum Gasteiger partial charge on any atom is 0.220 e. The zero-order valence-corrected chi connectivity index (χ0v) is 33.9. The van der Waals surface area contributed by atoms with Gasteiger partial charge >= 0.3 is 0 Å². The van der Waals surface area contributed by atoms with Crippen LogP contribution in [0.1, 0.15) is 245 Å². The van der Waals surface area contributed by atoms with Crippen LogP contribution in [0.2, 0.25) is 0 Å². The lowest BCUT2D eigenvalue weighted by molar-refractivity contribution is -0.123. The van der Waals surface area contributed by atoms with Crippen LogP contribution in [0.5, 0.6) is 0 Å². The molecule has 0 aromatic heterocycles. The second-order valence-electron chi connectivity index (χ2n) is 15.5. The standard InChI is InChI=1S/C46H89NO3/c1-3-5-7-9-11-13-15-16-17-18-19-20-21-22-23-24-25-26-27-28-29-30-32-34-36-38-40-42-46(50)47-44(43-48)45(49)41-39-37-35-33-31-14-12-10-8-6-4-2/h18-19,39,41,44-45,48-49H,3-17,20-38,40,42-43H2,1-2H3,(H,47,50)/b19-18-,41-39+. The molecule has 0 radical (unpaired) electrons. The van der Waals surface area contributed by atoms with Gasteiger partial charge in [0.2, 0.25) is 5.91 Å². The van der Waals surface area contributed by atoms with Crippen molar-refractivity contribution >= 4 is 5.91 Å². The second kappa shape index (κ2) is 42.3. The number of unbranched alkanes of at least 4 members (excludes halogenated alkanes) is 32. The predicted molar refractivity (Wildman–Crippen MR) is 221 cm³/mol. The summed E-state index contributed by atoms with van der Waals surface area (Å²) in [6.07, 6.45) is 54.4. The smallest absolute Gasteiger partial charge is 0.220 e. The van der Waals surface area contributed by atoms with E-state index in [0.717, 1.165) is 25.7 Å². The SMILES string of the molecule is CCCCCCCCCC/C=C\CCCCCCCCCCCCCCCCCC(=O)NC(CO)C(O)/C=C/CCCCCCCCCCC. The molecule has 0 aliphatic carbocycles. The molecule has 0 aromatic carbocycles. The van der Waals surface area contributed by atoms with Gasteiger partial charge in [-0.25, -0.2) is 0 Å². The van der Waals surface area contributed by atoms with E-state index in [0.29, 0.717) is 6.42 Å². The zero-order valence-electron chi connectivity index (χ0n) is 33.9. The molecular formula is C46H89NO3. The lowest BCUT2D eigenvalue weighted by Gasteiger charge is -2.20. The summed E-state index contributed by atoms with van der Waals surface area (Å²) < 4.78 is 0. The average Bonchev–Trinajstić information content (AvgIpc) is 3.12. The van der Waals surface area contributed by atoms with E-state index in [9.17, 15) is 15.0 Å². The molecule has 0 heterocycles. The van der Waals surface area contributed by atoms with Gasteiger partial charge in [0.05, 0.1) is 18.8 Å². The molecular weight excluding hydrogens is 615 g/mol. The van der Waals surface area contributed by atoms with E-state index in [-0.39, 0.29) is 12.5 Å². The van der Waals surface area contributed by atoms with Gasteiger partial charge in [0.15, 0.2) is 0 Å². The van der Waals surface area contributed by atoms with Crippen molar-refractivity contribution in [2.45, 2.75) is 257 Å². The van der Waals surface area contributed by atoms with E-state index in [4.69, 9.17) is 0 Å². The third-order valence-corrected chi connectivity index (χ3v) is 10.4. The first-order valence-electron chi connectivity index (χ1n) is 22.6. The molecule has 4 heteroatoms. The van der Waals surface area contributed by atoms with Crippen molar-refractivity contribution in [2.24, 2.45) is 0 Å². The zero-order chi connectivity index (χ0) is 36.4. The Bertz CT molecular complexity index is 720. The molecule has 50 heavy (non-hydrogen) atoms. The van der Waals surface area contributed by atoms with Crippen molar-refractivity contribution in [1.29, 1.82) is 0 Å². The number of aliphatic hydroxyl groups is 2. The molecule has 0 aliphatic heterocycles. The Morgan fingerprint density at radius 1 is 0.460 bits per heavy atom. The highest BCUT2D eigenvalue weighted by Gasteiger charge is 2.17. The van der Waals surface area contributed by atoms with Crippen LogP contribution in [0.3, 0.4) is 0 Å². The van der Waals surface area contributed by atoms with Gasteiger partial charge < -0.3 is 15.5 Å². The van der Waals surface area contributed by atoms with Crippen LogP contribution in [-0.4, -0.2) is 34.9 Å². The summed E-state index contributed by atoms with van der Waals surface area (Å²) in [6.45, 7) is 4.30. The maximum absolute atomic E-state index is 12.4. The van der Waals surface area contributed by atoms with E-state index in [1.165, 1.54) is 199 Å². The van der Waals surface area contributed by atoms with Crippen LogP contribution in [0.15, 0.2) is 24.3 Å². The molecule has 0 fully saturated rings. The number of carbonyl (C=O) groups excluding carboxylic acids is 1. The Balaban J connectivity index is 3.46. The third-order valence-electron chi connectivity index (χ3n) is 10.4. The van der Waals surface area contributed by atoms with Gasteiger partial charge in [-0.3, -0.25) is 4.79 Å². The molecule has 0 rings (SSSR count). The van der Waals surface area contributed by atoms with E-state index < -0.39 is 12.1 Å². The highest BCUT2D eigenvalue weighted by atomic mass is 16.3. The molecule has 3 N–H and O–H groups in total. The molecule has 0 saturated heterocycles. The van der Waals surface area contributed by atoms with Gasteiger partial charge in [0.1, 0.15) is 0 Å². The Labute approximate surface area is 313 Å². The maximum atomic E-state index is 12.4. The first kappa shape index (κ1) is 48.9. The first-order valence-corrected chi connectivity index (χ1v) is 22.6. The Kier molecular flexibility index (Phi) is 41.3. The van der Waals surface area contributed by atoms with Crippen molar-refractivity contribution in [2.75, 3.05) is 6.61 Å². The van der Waals surface area contributed by atoms with E-state index in [1.807, 2.05) is 6.08 Å². The molecule has 0 bridgehead atoms. The number of allylic oxidation sites excluding steroid dienone is 3. The Morgan fingerprint density at radius 3 is 1.10 bits per heavy atom. The first-order chi connectivity index (χ1) is 24.7. The van der Waals surface area contributed by atoms with Gasteiger partial charge in [-0.05, 0) is 44.9 Å². The minimum Gasteiger partial charge on any atom is -0.394 e. The molecule has 0 aromatic rings. The monoisotopic (exact) mass is 704 g/mol. The Hall–Kier alpha value is -1.13. The molecule has 0 spiro atoms. The fraction of sp³-hybridized carbons (Fsp3) is 0.891. The van der Waals surface area contributed by atoms with Gasteiger partial charge in [-0.15, -0.1) is 0 Å². The molecule has 2 unspecified atom stereocenters. The fourth-order valence-corrected chi connectivity index (χ4v) is 6.94. The fourth-order valence-electron chi connectivity index (χ4n) is 6.94. The quantitative estimate of drug-likeness (QED) is 0.0438. The van der Waals surface area contributed by atoms with Crippen molar-refractivity contribution in [3.05, 3.63) is 24.3 Å². The lowest BCUT2D eigenvalue weighted by Crippen LogP contribution is -2.45. The summed E-state index contributed by atoms with van der Waals surface area (Å²) in [4.78, 5) is 12.4. The van der Waals surface area contributed by atoms with Crippen molar-refractivity contribution in [3.63, 3.8) is 0 Å². The summed E-state index contributed by atoms with van der Waals surface area (Å²) in [5.74, 6) is -0.0628. The average molecular weight is 704 g/mol. The van der Waals surface area contributed by atoms with E-state index in [1.54, 1.807) is 6.08 Å². The van der Waals surface area contributed by atoms with Gasteiger partial charge in [0, 0.05) is 6.42 Å². The van der Waals surface area contributed by atoms with Crippen molar-refractivity contribution in [3.8, 4) is 0 Å². The summed E-state index contributed by atoms with van der Waals surface area (Å²) in [6, 6.07) is -0.617. The lowest BCUT2D eigenvalue weighted by atomic mass is 10.0. The Morgan fingerprint density at radius 2 is 0.760 bits per heavy atom. The summed E-state index contributed by atoms with van der Waals surface area (Å²) in [5.41, 5.74) is 0. The van der Waals surface area contributed by atoms with E-state index in [2.05, 4.69) is 31.3 Å². The normalized spacial score (nSPS) is 13.1. The van der Waals surface area contributed by atoms with Gasteiger partial charge in [0.25, 0.3) is 0 Å². The minimum atomic E-state index is -0.834. The third kappa shape index (κ3) is 38.1. The highest BCUT2D eigenvalue weighted by Crippen LogP contribution is 2.15. The largest absolute Gasteiger partial charge is 0.394 e. The molecule has 2 atom stereocenters. The van der Waals surface area contributed by atoms with Gasteiger partial charge in [-0.2, -0.15) is 0 Å². The highest BCUT2D eigenvalue weighted by molar-refractivity contribution is 5.76. The number of hydrogen-bond acceptors (Lipinski definition) is 3. The number of amides is 1. The van der Waals surface area contributed by atoms with E-state index >= 15 is 0 Å². The molecule has 296 valence electrons. The minimum absolute atomic E-state index is 0.0628. The topological polar surface area (TPSA) is 69.6 Å². The van der Waals surface area contributed by atoms with Crippen LogP contribution >= 0.6 is 0 Å². The predicted octanol–water partition coefficient (Wildman–Crippen LogP) is 14.0. The van der Waals surface area contributed by atoms with Crippen molar-refractivity contribution in [1.82, 2.24) is 5.32 Å². The van der Waals surface area contributed by atoms with Crippen LogP contribution in [0.25, 0.3) is 0 Å². The number of aliphatic hydroxyl groups excluding tert-OH is 2. The molecule has 1 amide bonds. The molecule has 0 aliphatic rings. The van der Waals surface area contributed by atoms with Crippen LogP contribution in [0, 0.1) is 0 Å². The van der Waals surface area contributed by atoms with Crippen LogP contribution in [-0.2, 0) is 4.79 Å². The number of nitrogens with one attached hydrogen (secondary N) is 1. The number of rotatable bonds is 41. The summed E-state index contributed by atoms with van der Waals surface area (Å²) >= 11 is 0. The molecule has 0 saturated carbocycles. The second-order valence-corrected chi connectivity index (χ2v) is 15.5. The molecule has 4 nitrogen and oxygen atoms in total. The van der Waals surface area contributed by atoms with Crippen LogP contribution < -0.4 is 5.32 Å².